The molecular weight excluding hydrogens is 509 g/mol. The maximum absolute atomic E-state index is 10.3. The quantitative estimate of drug-likeness (QED) is 0.327. The number of benzene rings is 2. The maximum atomic E-state index is 10.3. The summed E-state index contributed by atoms with van der Waals surface area (Å²) in [7, 11) is 4.54. The molecule has 29 heavy (non-hydrogen) atoms. The van der Waals surface area contributed by atoms with Crippen molar-refractivity contribution in [3.8, 4) is 6.07 Å². The number of nitriles is 1. The number of quaternary nitrogens is 1. The van der Waals surface area contributed by atoms with Gasteiger partial charge in [-0.2, -0.15) is 5.26 Å². The second-order valence-electron chi connectivity index (χ2n) is 7.98. The van der Waals surface area contributed by atoms with E-state index in [2.05, 4.69) is 49.3 Å². The molecule has 1 aliphatic heterocycles. The van der Waals surface area contributed by atoms with Gasteiger partial charge in [0.2, 0.25) is 0 Å². The third kappa shape index (κ3) is 5.94. The Labute approximate surface area is 201 Å². The van der Waals surface area contributed by atoms with E-state index in [9.17, 15) is 5.26 Å². The Morgan fingerprint density at radius 1 is 1.03 bits per heavy atom. The third-order valence-electron chi connectivity index (χ3n) is 5.64. The fourth-order valence-electron chi connectivity index (χ4n) is 3.66. The smallest absolute Gasteiger partial charge is 0.136 e. The number of rotatable bonds is 5. The van der Waals surface area contributed by atoms with Gasteiger partial charge in [-0.1, -0.05) is 84.6 Å². The predicted octanol–water partition coefficient (Wildman–Crippen LogP) is 1.30. The van der Waals surface area contributed by atoms with Crippen LogP contribution in [0.5, 0.6) is 0 Å². The topological polar surface area (TPSA) is 27.0 Å². The van der Waals surface area contributed by atoms with Gasteiger partial charge in [-0.15, -0.1) is 0 Å². The van der Waals surface area contributed by atoms with Crippen molar-refractivity contribution in [2.45, 2.75) is 11.8 Å². The molecule has 0 bridgehead atoms. The number of piperazine rings is 1. The van der Waals surface area contributed by atoms with Crippen LogP contribution in [0.2, 0.25) is 0 Å². The highest BCUT2D eigenvalue weighted by molar-refractivity contribution is 8.22. The average Bonchev–Trinajstić information content (AvgIpc) is 2.72. The molecule has 3 nitrogen and oxygen atoms in total. The number of likely N-dealkylation sites (N-methyl/N-ethyl adjacent to an activating group) is 1. The van der Waals surface area contributed by atoms with Crippen molar-refractivity contribution in [1.29, 1.82) is 5.26 Å². The fraction of sp³-hybridized carbons (Fsp3) is 0.391. The van der Waals surface area contributed by atoms with E-state index in [4.69, 9.17) is 12.2 Å². The van der Waals surface area contributed by atoms with Crippen LogP contribution in [0.1, 0.15) is 17.5 Å². The first kappa shape index (κ1) is 24.1. The van der Waals surface area contributed by atoms with Crippen molar-refractivity contribution in [3.63, 3.8) is 0 Å². The first-order chi connectivity index (χ1) is 13.5. The fourth-order valence-corrected chi connectivity index (χ4v) is 5.04. The molecule has 0 spiro atoms. The molecule has 1 fully saturated rings. The minimum absolute atomic E-state index is 0. The molecule has 3 rings (SSSR count). The number of thioether (sulfide) groups is 1. The van der Waals surface area contributed by atoms with Crippen LogP contribution in [0, 0.1) is 11.3 Å². The molecule has 154 valence electrons. The summed E-state index contributed by atoms with van der Waals surface area (Å²) in [6, 6.07) is 22.9. The van der Waals surface area contributed by atoms with Gasteiger partial charge in [0.05, 0.1) is 46.3 Å². The summed E-state index contributed by atoms with van der Waals surface area (Å²) >= 11 is 7.42. The minimum atomic E-state index is -0.647. The second kappa shape index (κ2) is 10.8. The lowest BCUT2D eigenvalue weighted by molar-refractivity contribution is -0.893. The summed E-state index contributed by atoms with van der Waals surface area (Å²) in [5.41, 5.74) is 1.45. The van der Waals surface area contributed by atoms with Crippen LogP contribution in [0.3, 0.4) is 0 Å². The van der Waals surface area contributed by atoms with Crippen LogP contribution in [-0.2, 0) is 5.41 Å². The van der Waals surface area contributed by atoms with Crippen molar-refractivity contribution in [2.24, 2.45) is 0 Å². The van der Waals surface area contributed by atoms with Gasteiger partial charge in [0.15, 0.2) is 0 Å². The zero-order valence-corrected chi connectivity index (χ0v) is 20.8. The number of nitrogens with zero attached hydrogens (tertiary/aromatic N) is 3. The van der Waals surface area contributed by atoms with E-state index >= 15 is 0 Å². The van der Waals surface area contributed by atoms with Crippen LogP contribution >= 0.6 is 24.0 Å². The van der Waals surface area contributed by atoms with Crippen LogP contribution in [0.15, 0.2) is 60.7 Å². The number of thiocarbonyl (C=S) groups is 1. The van der Waals surface area contributed by atoms with Crippen molar-refractivity contribution in [3.05, 3.63) is 71.8 Å². The van der Waals surface area contributed by atoms with Crippen LogP contribution in [0.4, 0.5) is 0 Å². The molecule has 6 heteroatoms. The molecule has 0 N–H and O–H groups in total. The van der Waals surface area contributed by atoms with E-state index in [1.54, 1.807) is 11.8 Å². The monoisotopic (exact) mass is 537 g/mol. The van der Waals surface area contributed by atoms with E-state index in [0.29, 0.717) is 0 Å². The Morgan fingerprint density at radius 2 is 1.52 bits per heavy atom. The zero-order valence-electron chi connectivity index (χ0n) is 17.1. The predicted molar refractivity (Wildman–Crippen MR) is 122 cm³/mol. The van der Waals surface area contributed by atoms with Crippen molar-refractivity contribution >= 4 is 28.3 Å². The van der Waals surface area contributed by atoms with E-state index < -0.39 is 5.41 Å². The first-order valence-electron chi connectivity index (χ1n) is 9.73. The van der Waals surface area contributed by atoms with Crippen molar-refractivity contribution in [1.82, 2.24) is 4.90 Å². The van der Waals surface area contributed by atoms with Gasteiger partial charge in [-0.05, 0) is 17.5 Å². The Balaban J connectivity index is 0.00000300. The summed E-state index contributed by atoms with van der Waals surface area (Å²) in [6.07, 6.45) is 0.734. The van der Waals surface area contributed by atoms with Gasteiger partial charge < -0.3 is 33.4 Å². The Kier molecular flexibility index (Phi) is 8.95. The molecule has 1 aliphatic rings. The van der Waals surface area contributed by atoms with Crippen LogP contribution < -0.4 is 24.0 Å². The highest BCUT2D eigenvalue weighted by Crippen LogP contribution is 2.36. The zero-order chi connectivity index (χ0) is 20.0. The minimum Gasteiger partial charge on any atom is -1.00 e. The lowest BCUT2D eigenvalue weighted by atomic mass is 9.74. The Hall–Kier alpha value is -1.14. The standard InChI is InChI=1S/C23H28N3S2.HI/c1-26(2)16-14-25(15-17-26)22(27)28-18-13-23(19-24,20-9-5-3-6-10-20)21-11-7-4-8-12-21;/h3-12H,13-18H2,1-2H3;1H/q+1;/p-1. The lowest BCUT2D eigenvalue weighted by Crippen LogP contribution is -3.00. The van der Waals surface area contributed by atoms with Gasteiger partial charge >= 0.3 is 0 Å². The van der Waals surface area contributed by atoms with Gasteiger partial charge in [-0.25, -0.2) is 0 Å². The number of halogens is 1. The van der Waals surface area contributed by atoms with Gasteiger partial charge in [-0.3, -0.25) is 0 Å². The van der Waals surface area contributed by atoms with Crippen molar-refractivity contribution < 1.29 is 28.5 Å². The highest BCUT2D eigenvalue weighted by atomic mass is 127. The van der Waals surface area contributed by atoms with E-state index in [0.717, 1.165) is 58.3 Å². The molecule has 1 saturated heterocycles. The molecule has 0 radical (unpaired) electrons. The molecule has 0 aromatic heterocycles. The molecule has 0 unspecified atom stereocenters. The summed E-state index contributed by atoms with van der Waals surface area (Å²) in [6.45, 7) is 4.27. The first-order valence-corrected chi connectivity index (χ1v) is 11.1. The maximum Gasteiger partial charge on any atom is 0.136 e. The highest BCUT2D eigenvalue weighted by Gasteiger charge is 2.34. The normalized spacial score (nSPS) is 15.8. The SMILES string of the molecule is C[N+]1(C)CCN(C(=S)SCCC(C#N)(c2ccccc2)c2ccccc2)CC1.[I-]. The Morgan fingerprint density at radius 3 is 1.97 bits per heavy atom. The molecule has 2 aromatic rings. The van der Waals surface area contributed by atoms with E-state index in [1.807, 2.05) is 36.4 Å². The average molecular weight is 538 g/mol. The molecule has 0 aliphatic carbocycles. The molecule has 0 saturated carbocycles. The lowest BCUT2D eigenvalue weighted by Gasteiger charge is -2.40. The number of hydrogen-bond donors (Lipinski definition) is 0. The molecule has 0 amide bonds. The summed E-state index contributed by atoms with van der Waals surface area (Å²) < 4.78 is 2.02. The second-order valence-corrected chi connectivity index (χ2v) is 9.71. The molecule has 1 heterocycles. The van der Waals surface area contributed by atoms with Gasteiger partial charge in [0.1, 0.15) is 9.74 Å². The molecular formula is C23H28IN3S2. The molecule has 0 atom stereocenters. The van der Waals surface area contributed by atoms with Gasteiger partial charge in [0.25, 0.3) is 0 Å². The van der Waals surface area contributed by atoms with E-state index in [-0.39, 0.29) is 24.0 Å². The van der Waals surface area contributed by atoms with Crippen molar-refractivity contribution in [2.75, 3.05) is 46.0 Å². The Bertz CT molecular complexity index is 785. The third-order valence-corrected chi connectivity index (χ3v) is 7.16. The number of hydrogen-bond acceptors (Lipinski definition) is 3. The van der Waals surface area contributed by atoms with Crippen LogP contribution in [0.25, 0.3) is 0 Å². The summed E-state index contributed by atoms with van der Waals surface area (Å²) in [5, 5.41) is 10.3. The summed E-state index contributed by atoms with van der Waals surface area (Å²) in [5.74, 6) is 0.824. The molecule has 2 aromatic carbocycles. The van der Waals surface area contributed by atoms with Gasteiger partial charge in [0, 0.05) is 5.75 Å². The summed E-state index contributed by atoms with van der Waals surface area (Å²) in [4.78, 5) is 2.32. The van der Waals surface area contributed by atoms with Crippen LogP contribution in [-0.4, -0.2) is 59.7 Å². The van der Waals surface area contributed by atoms with E-state index in [1.165, 1.54) is 0 Å². The largest absolute Gasteiger partial charge is 1.00 e.